The van der Waals surface area contributed by atoms with Crippen molar-refractivity contribution in [2.45, 2.75) is 26.3 Å². The highest BCUT2D eigenvalue weighted by Gasteiger charge is 2.20. The van der Waals surface area contributed by atoms with Crippen LogP contribution in [0, 0.1) is 0 Å². The fourth-order valence-corrected chi connectivity index (χ4v) is 4.91. The number of Topliss-reactive ketones (excluding diaryl/α,β-unsaturated/α-hetero) is 1. The molecule has 0 amide bonds. The van der Waals surface area contributed by atoms with Crippen molar-refractivity contribution in [2.24, 2.45) is 0 Å². The van der Waals surface area contributed by atoms with E-state index in [9.17, 15) is 4.79 Å². The van der Waals surface area contributed by atoms with Gasteiger partial charge in [0.1, 0.15) is 5.82 Å². The van der Waals surface area contributed by atoms with Crippen molar-refractivity contribution < 1.29 is 4.79 Å². The number of pyridine rings is 2. The van der Waals surface area contributed by atoms with Crippen LogP contribution in [-0.2, 0) is 6.42 Å². The Morgan fingerprint density at radius 1 is 1.00 bits per heavy atom. The van der Waals surface area contributed by atoms with Gasteiger partial charge in [-0.2, -0.15) is 0 Å². The van der Waals surface area contributed by atoms with Crippen LogP contribution in [0.2, 0.25) is 0 Å². The molecule has 5 rings (SSSR count). The number of fused-ring (bicyclic) bond motifs is 1. The highest BCUT2D eigenvalue weighted by atomic mass is 32.1. The third kappa shape index (κ3) is 4.79. The quantitative estimate of drug-likeness (QED) is 0.391. The van der Waals surface area contributed by atoms with E-state index < -0.39 is 0 Å². The zero-order valence-electron chi connectivity index (χ0n) is 18.9. The van der Waals surface area contributed by atoms with Crippen molar-refractivity contribution in [3.8, 4) is 10.4 Å². The summed E-state index contributed by atoms with van der Waals surface area (Å²) in [6.45, 7) is 8.35. The number of nitrogens with zero attached hydrogens (tertiary/aromatic N) is 5. The van der Waals surface area contributed by atoms with Crippen LogP contribution in [0.5, 0.6) is 0 Å². The molecule has 33 heavy (non-hydrogen) atoms. The van der Waals surface area contributed by atoms with E-state index in [0.29, 0.717) is 11.6 Å². The minimum atomic E-state index is 0.0601. The maximum absolute atomic E-state index is 13.1. The van der Waals surface area contributed by atoms with Crippen molar-refractivity contribution in [3.05, 3.63) is 71.8 Å². The van der Waals surface area contributed by atoms with Gasteiger partial charge in [-0.05, 0) is 49.1 Å². The van der Waals surface area contributed by atoms with E-state index >= 15 is 0 Å². The summed E-state index contributed by atoms with van der Waals surface area (Å²) >= 11 is 1.62. The molecule has 0 atom stereocenters. The second kappa shape index (κ2) is 9.37. The van der Waals surface area contributed by atoms with Gasteiger partial charge in [0, 0.05) is 67.5 Å². The summed E-state index contributed by atoms with van der Waals surface area (Å²) in [5.41, 5.74) is 4.43. The van der Waals surface area contributed by atoms with Crippen molar-refractivity contribution in [2.75, 3.05) is 31.1 Å². The highest BCUT2D eigenvalue weighted by Crippen LogP contribution is 2.27. The van der Waals surface area contributed by atoms with Gasteiger partial charge >= 0.3 is 0 Å². The Morgan fingerprint density at radius 2 is 1.85 bits per heavy atom. The van der Waals surface area contributed by atoms with Gasteiger partial charge in [-0.15, -0.1) is 11.3 Å². The normalized spacial score (nSPS) is 14.8. The summed E-state index contributed by atoms with van der Waals surface area (Å²) in [6.07, 6.45) is 5.74. The standard InChI is InChI=1S/C26H27N5OS/c1-18(2)30-7-9-31(10-8-30)26-13-19(5-6-28-26)24(32)14-23-12-22-11-20(25-16-27-17-33-25)3-4-21(22)15-29-23/h3-6,11-13,15-18H,7-10,14H2,1-2H3. The molecule has 6 nitrogen and oxygen atoms in total. The predicted molar refractivity (Wildman–Crippen MR) is 134 cm³/mol. The summed E-state index contributed by atoms with van der Waals surface area (Å²) in [7, 11) is 0. The smallest absolute Gasteiger partial charge is 0.169 e. The Morgan fingerprint density at radius 3 is 2.61 bits per heavy atom. The number of rotatable bonds is 6. The van der Waals surface area contributed by atoms with Crippen LogP contribution in [0.4, 0.5) is 5.82 Å². The number of carbonyl (C=O) groups excluding carboxylic acids is 1. The van der Waals surface area contributed by atoms with Crippen LogP contribution in [-0.4, -0.2) is 57.9 Å². The fraction of sp³-hybridized carbons (Fsp3) is 0.308. The molecule has 1 aliphatic heterocycles. The first-order chi connectivity index (χ1) is 16.1. The summed E-state index contributed by atoms with van der Waals surface area (Å²) in [6, 6.07) is 12.6. The lowest BCUT2D eigenvalue weighted by Crippen LogP contribution is -2.49. The zero-order chi connectivity index (χ0) is 22.8. The number of ketones is 1. The van der Waals surface area contributed by atoms with E-state index in [1.165, 1.54) is 0 Å². The molecule has 7 heteroatoms. The minimum Gasteiger partial charge on any atom is -0.354 e. The molecule has 0 radical (unpaired) electrons. The molecule has 1 fully saturated rings. The first kappa shape index (κ1) is 21.7. The summed E-state index contributed by atoms with van der Waals surface area (Å²) in [5, 5.41) is 2.14. The molecule has 1 saturated heterocycles. The van der Waals surface area contributed by atoms with Gasteiger partial charge in [-0.25, -0.2) is 4.98 Å². The number of aromatic nitrogens is 3. The van der Waals surface area contributed by atoms with Crippen molar-refractivity contribution in [3.63, 3.8) is 0 Å². The average Bonchev–Trinajstić information content (AvgIpc) is 3.39. The molecule has 0 unspecified atom stereocenters. The first-order valence-corrected chi connectivity index (χ1v) is 12.2. The van der Waals surface area contributed by atoms with E-state index in [0.717, 1.165) is 58.9 Å². The number of carbonyl (C=O) groups is 1. The van der Waals surface area contributed by atoms with Crippen molar-refractivity contribution >= 4 is 33.7 Å². The number of hydrogen-bond donors (Lipinski definition) is 0. The van der Waals surface area contributed by atoms with Crippen LogP contribution in [0.15, 0.2) is 60.5 Å². The van der Waals surface area contributed by atoms with E-state index in [-0.39, 0.29) is 12.2 Å². The van der Waals surface area contributed by atoms with Crippen LogP contribution in [0.25, 0.3) is 21.2 Å². The van der Waals surface area contributed by atoms with Crippen molar-refractivity contribution in [1.29, 1.82) is 0 Å². The number of benzene rings is 1. The average molecular weight is 458 g/mol. The predicted octanol–water partition coefficient (Wildman–Crippen LogP) is 4.71. The molecular weight excluding hydrogens is 430 g/mol. The molecular formula is C26H27N5OS. The second-order valence-electron chi connectivity index (χ2n) is 8.72. The summed E-state index contributed by atoms with van der Waals surface area (Å²) in [5.74, 6) is 0.940. The molecule has 4 heterocycles. The van der Waals surface area contributed by atoms with E-state index in [2.05, 4.69) is 56.8 Å². The first-order valence-electron chi connectivity index (χ1n) is 11.3. The zero-order valence-corrected chi connectivity index (χ0v) is 19.8. The fourth-order valence-electron chi connectivity index (χ4n) is 4.29. The van der Waals surface area contributed by atoms with Gasteiger partial charge in [-0.3, -0.25) is 19.7 Å². The van der Waals surface area contributed by atoms with E-state index in [1.807, 2.05) is 30.0 Å². The van der Waals surface area contributed by atoms with Crippen LogP contribution < -0.4 is 4.90 Å². The number of anilines is 1. The molecule has 4 aromatic rings. The topological polar surface area (TPSA) is 62.2 Å². The lowest BCUT2D eigenvalue weighted by Gasteiger charge is -2.37. The Kier molecular flexibility index (Phi) is 6.15. The molecule has 0 aliphatic carbocycles. The molecule has 0 N–H and O–H groups in total. The molecule has 0 saturated carbocycles. The Bertz CT molecular complexity index is 1260. The van der Waals surface area contributed by atoms with Crippen LogP contribution >= 0.6 is 11.3 Å². The lowest BCUT2D eigenvalue weighted by atomic mass is 10.0. The minimum absolute atomic E-state index is 0.0601. The number of piperazine rings is 1. The SMILES string of the molecule is CC(C)N1CCN(c2cc(C(=O)Cc3cc4cc(-c5cncs5)ccc4cn3)ccn2)CC1. The summed E-state index contributed by atoms with van der Waals surface area (Å²) < 4.78 is 0. The monoisotopic (exact) mass is 457 g/mol. The van der Waals surface area contributed by atoms with Gasteiger partial charge in [-0.1, -0.05) is 12.1 Å². The van der Waals surface area contributed by atoms with Crippen LogP contribution in [0.3, 0.4) is 0 Å². The number of thiazole rings is 1. The Labute approximate surface area is 197 Å². The third-order valence-electron chi connectivity index (χ3n) is 6.27. The Hall–Kier alpha value is -3.16. The Balaban J connectivity index is 1.32. The van der Waals surface area contributed by atoms with E-state index in [1.54, 1.807) is 23.6 Å². The van der Waals surface area contributed by atoms with Gasteiger partial charge in [0.05, 0.1) is 16.8 Å². The van der Waals surface area contributed by atoms with Crippen LogP contribution in [0.1, 0.15) is 29.9 Å². The lowest BCUT2D eigenvalue weighted by molar-refractivity contribution is 0.0992. The second-order valence-corrected chi connectivity index (χ2v) is 9.61. The van der Waals surface area contributed by atoms with Gasteiger partial charge in [0.25, 0.3) is 0 Å². The molecule has 0 bridgehead atoms. The molecule has 0 spiro atoms. The van der Waals surface area contributed by atoms with Gasteiger partial charge < -0.3 is 4.90 Å². The number of hydrogen-bond acceptors (Lipinski definition) is 7. The van der Waals surface area contributed by atoms with E-state index in [4.69, 9.17) is 0 Å². The molecule has 3 aromatic heterocycles. The molecule has 1 aromatic carbocycles. The maximum Gasteiger partial charge on any atom is 0.169 e. The molecule has 168 valence electrons. The van der Waals surface area contributed by atoms with Crippen molar-refractivity contribution in [1.82, 2.24) is 19.9 Å². The summed E-state index contributed by atoms with van der Waals surface area (Å²) in [4.78, 5) is 32.2. The van der Waals surface area contributed by atoms with Gasteiger partial charge in [0.15, 0.2) is 5.78 Å². The largest absolute Gasteiger partial charge is 0.354 e. The third-order valence-corrected chi connectivity index (χ3v) is 7.10. The maximum atomic E-state index is 13.1. The van der Waals surface area contributed by atoms with Gasteiger partial charge in [0.2, 0.25) is 0 Å². The highest BCUT2D eigenvalue weighted by molar-refractivity contribution is 7.13. The molecule has 1 aliphatic rings.